The van der Waals surface area contributed by atoms with Gasteiger partial charge in [0, 0.05) is 29.3 Å². The molecule has 0 bridgehead atoms. The van der Waals surface area contributed by atoms with Crippen LogP contribution in [0.15, 0.2) is 193 Å². The second-order valence-electron chi connectivity index (χ2n) is 23.6. The van der Waals surface area contributed by atoms with E-state index in [1.54, 1.807) is 63.9 Å². The molecule has 0 aliphatic heterocycles. The SMILES string of the molecule is C=CCOC[C@H](COC(c1ccccc1)(c1ccc(OC)cc1)c1ccc(OC)cc1)Oc1cc(C)c(-c2c(-c3ccc(F)cc3)oc3ncnc(O[C@H](Cc4cc(O[Si](C)(C)C(C)(C)C)ccc4OCc4ccnc(-c5ccccc5OC)n4)C(=O)O)c23)c(C)c1. The Morgan fingerprint density at radius 3 is 1.97 bits per heavy atom. The van der Waals surface area contributed by atoms with Gasteiger partial charge in [0.05, 0.1) is 52.4 Å². The highest BCUT2D eigenvalue weighted by molar-refractivity contribution is 6.74. The van der Waals surface area contributed by atoms with Crippen LogP contribution in [0.2, 0.25) is 18.1 Å². The third kappa shape index (κ3) is 14.5. The maximum atomic E-state index is 14.7. The number of ether oxygens (including phenoxy) is 8. The summed E-state index contributed by atoms with van der Waals surface area (Å²) in [5.41, 5.74) is 6.44. The summed E-state index contributed by atoms with van der Waals surface area (Å²) in [6, 6.07) is 49.9. The van der Waals surface area contributed by atoms with Crippen molar-refractivity contribution in [2.24, 2.45) is 0 Å². The second-order valence-corrected chi connectivity index (χ2v) is 28.4. The summed E-state index contributed by atoms with van der Waals surface area (Å²) in [4.78, 5) is 32.2. The normalized spacial score (nSPS) is 12.4. The summed E-state index contributed by atoms with van der Waals surface area (Å²) in [6.45, 7) is 18.9. The molecule has 0 spiro atoms. The lowest BCUT2D eigenvalue weighted by Gasteiger charge is -2.37. The van der Waals surface area contributed by atoms with E-state index in [0.717, 1.165) is 27.8 Å². The number of hydrogen-bond acceptors (Lipinski definition) is 15. The Kier molecular flexibility index (Phi) is 20.2. The fourth-order valence-corrected chi connectivity index (χ4v) is 11.8. The molecule has 0 fully saturated rings. The quantitative estimate of drug-likeness (QED) is 0.0211. The fraction of sp³-hybridized carbons (Fsp3) is 0.257. The number of aromatic nitrogens is 4. The van der Waals surface area contributed by atoms with Gasteiger partial charge in [-0.1, -0.05) is 93.6 Å². The Bertz CT molecular complexity index is 4110. The number of fused-ring (bicyclic) bond motifs is 1. The molecule has 3 heterocycles. The summed E-state index contributed by atoms with van der Waals surface area (Å²) in [6.07, 6.45) is 2.15. The largest absolute Gasteiger partial charge is 0.543 e. The molecule has 0 saturated heterocycles. The van der Waals surface area contributed by atoms with E-state index in [1.165, 1.54) is 18.5 Å². The van der Waals surface area contributed by atoms with Crippen LogP contribution in [0.5, 0.6) is 40.4 Å². The highest BCUT2D eigenvalue weighted by atomic mass is 28.4. The number of hydrogen-bond donors (Lipinski definition) is 1. The van der Waals surface area contributed by atoms with Crippen molar-refractivity contribution in [1.29, 1.82) is 0 Å². The first kappa shape index (κ1) is 65.1. The molecule has 474 valence electrons. The molecule has 0 unspecified atom stereocenters. The van der Waals surface area contributed by atoms with Crippen molar-refractivity contribution in [1.82, 2.24) is 19.9 Å². The van der Waals surface area contributed by atoms with Gasteiger partial charge in [0.1, 0.15) is 76.1 Å². The van der Waals surface area contributed by atoms with Crippen LogP contribution < -0.4 is 32.8 Å². The third-order valence-electron chi connectivity index (χ3n) is 16.4. The van der Waals surface area contributed by atoms with Gasteiger partial charge < -0.3 is 51.8 Å². The fourth-order valence-electron chi connectivity index (χ4n) is 10.8. The predicted octanol–water partition coefficient (Wildman–Crippen LogP) is 15.8. The number of carboxylic acids is 1. The Morgan fingerprint density at radius 1 is 0.696 bits per heavy atom. The number of para-hydroxylation sites is 1. The van der Waals surface area contributed by atoms with Gasteiger partial charge in [-0.25, -0.2) is 29.1 Å². The van der Waals surface area contributed by atoms with Gasteiger partial charge in [0.25, 0.3) is 0 Å². The molecule has 10 aromatic rings. The van der Waals surface area contributed by atoms with Crippen molar-refractivity contribution in [3.05, 3.63) is 234 Å². The first-order valence-electron chi connectivity index (χ1n) is 30.1. The Balaban J connectivity index is 1.01. The monoisotopic (exact) mass is 1260 g/mol. The summed E-state index contributed by atoms with van der Waals surface area (Å²) < 4.78 is 78.5. The third-order valence-corrected chi connectivity index (χ3v) is 20.8. The van der Waals surface area contributed by atoms with E-state index >= 15 is 0 Å². The molecule has 0 radical (unpaired) electrons. The average molecular weight is 1260 g/mol. The zero-order valence-corrected chi connectivity index (χ0v) is 54.3. The molecular formula is C74H75FN4O12Si. The number of halogens is 1. The molecule has 1 N–H and O–H groups in total. The number of rotatable bonds is 28. The van der Waals surface area contributed by atoms with Crippen LogP contribution in [-0.4, -0.2) is 92.7 Å². The summed E-state index contributed by atoms with van der Waals surface area (Å²) in [5.74, 6) is 2.41. The average Bonchev–Trinajstić information content (AvgIpc) is 1.35. The Labute approximate surface area is 536 Å². The Hall–Kier alpha value is -9.88. The Morgan fingerprint density at radius 2 is 1.34 bits per heavy atom. The lowest BCUT2D eigenvalue weighted by molar-refractivity contribution is -0.145. The highest BCUT2D eigenvalue weighted by Crippen LogP contribution is 2.48. The standard InChI is InChI=1S/C74H75FN4O12Si/c1-12-38-85-44-60(45-87-74(51-18-14-13-15-19-51,52-24-30-56(82-7)31-25-52)53-26-32-57(83-8)33-27-53)88-59-39-47(2)65(48(3)40-59)66-67-70(77-46-78-71(67)90-68(66)49-22-28-54(75)29-23-49)89-64(72(80)81)42-50-41-58(91-92(10,11)73(4,5)6)34-35-62(50)86-43-55-36-37-76-69(79-55)61-20-16-17-21-63(61)84-9/h12-37,39-41,46,60,64H,1,38,42-45H2,2-11H3,(H,80,81)/t60-,64-/m1/s1. The number of aliphatic carboxylic acids is 1. The minimum Gasteiger partial charge on any atom is -0.543 e. The van der Waals surface area contributed by atoms with E-state index in [1.807, 2.05) is 135 Å². The van der Waals surface area contributed by atoms with Crippen LogP contribution >= 0.6 is 0 Å². The van der Waals surface area contributed by atoms with Crippen molar-refractivity contribution in [2.45, 2.75) is 83.6 Å². The molecule has 0 amide bonds. The van der Waals surface area contributed by atoms with E-state index in [0.29, 0.717) is 79.6 Å². The van der Waals surface area contributed by atoms with E-state index in [2.05, 4.69) is 55.4 Å². The van der Waals surface area contributed by atoms with Crippen molar-refractivity contribution in [2.75, 3.05) is 41.2 Å². The molecule has 18 heteroatoms. The molecule has 0 aliphatic rings. The number of carbonyl (C=O) groups is 1. The molecule has 7 aromatic carbocycles. The minimum atomic E-state index is -2.40. The molecule has 92 heavy (non-hydrogen) atoms. The maximum absolute atomic E-state index is 14.7. The molecule has 3 aromatic heterocycles. The zero-order valence-electron chi connectivity index (χ0n) is 53.3. The van der Waals surface area contributed by atoms with Crippen molar-refractivity contribution in [3.8, 4) is 74.2 Å². The van der Waals surface area contributed by atoms with Crippen LogP contribution in [0.25, 0.3) is 44.9 Å². The molecule has 10 rings (SSSR count). The zero-order chi connectivity index (χ0) is 65.2. The van der Waals surface area contributed by atoms with Gasteiger partial charge in [-0.05, 0) is 162 Å². The van der Waals surface area contributed by atoms with Crippen molar-refractivity contribution >= 4 is 25.4 Å². The number of methoxy groups -OCH3 is 3. The molecule has 16 nitrogen and oxygen atoms in total. The predicted molar refractivity (Wildman–Crippen MR) is 354 cm³/mol. The topological polar surface area (TPSA) is 185 Å². The van der Waals surface area contributed by atoms with Crippen LogP contribution in [0.4, 0.5) is 4.39 Å². The molecular weight excluding hydrogens is 1180 g/mol. The lowest BCUT2D eigenvalue weighted by atomic mass is 9.80. The van der Waals surface area contributed by atoms with Gasteiger partial charge in [0.2, 0.25) is 26.0 Å². The number of carboxylic acid groups (broad SMARTS) is 1. The van der Waals surface area contributed by atoms with Crippen LogP contribution in [0.1, 0.15) is 59.8 Å². The van der Waals surface area contributed by atoms with Crippen molar-refractivity contribution in [3.63, 3.8) is 0 Å². The van der Waals surface area contributed by atoms with Crippen LogP contribution in [-0.2, 0) is 32.9 Å². The number of benzene rings is 7. The first-order chi connectivity index (χ1) is 44.3. The van der Waals surface area contributed by atoms with E-state index in [-0.39, 0.29) is 54.9 Å². The number of aryl methyl sites for hydroxylation is 2. The second kappa shape index (κ2) is 28.5. The van der Waals surface area contributed by atoms with E-state index in [9.17, 15) is 14.3 Å². The summed E-state index contributed by atoms with van der Waals surface area (Å²) in [5, 5.41) is 11.3. The van der Waals surface area contributed by atoms with Crippen LogP contribution in [0, 0.1) is 19.7 Å². The minimum absolute atomic E-state index is 0.0139. The highest BCUT2D eigenvalue weighted by Gasteiger charge is 2.41. The van der Waals surface area contributed by atoms with Gasteiger partial charge in [-0.15, -0.1) is 6.58 Å². The van der Waals surface area contributed by atoms with E-state index in [4.69, 9.17) is 51.7 Å². The van der Waals surface area contributed by atoms with Gasteiger partial charge in [-0.2, -0.15) is 0 Å². The smallest absolute Gasteiger partial charge is 0.345 e. The number of nitrogens with zero attached hydrogens (tertiary/aromatic N) is 4. The number of furan rings is 1. The maximum Gasteiger partial charge on any atom is 0.345 e. The summed E-state index contributed by atoms with van der Waals surface area (Å²) in [7, 11) is 2.45. The van der Waals surface area contributed by atoms with E-state index < -0.39 is 37.9 Å². The first-order valence-corrected chi connectivity index (χ1v) is 33.0. The van der Waals surface area contributed by atoms with Crippen molar-refractivity contribution < 1.29 is 61.0 Å². The van der Waals surface area contributed by atoms with Gasteiger partial charge in [0.15, 0.2) is 5.82 Å². The summed E-state index contributed by atoms with van der Waals surface area (Å²) >= 11 is 0. The van der Waals surface area contributed by atoms with Gasteiger partial charge >= 0.3 is 5.97 Å². The van der Waals surface area contributed by atoms with Gasteiger partial charge in [-0.3, -0.25) is 0 Å². The molecule has 0 saturated carbocycles. The molecule has 0 aliphatic carbocycles. The lowest BCUT2D eigenvalue weighted by Crippen LogP contribution is -2.43. The molecule has 2 atom stereocenters. The van der Waals surface area contributed by atoms with Crippen LogP contribution in [0.3, 0.4) is 0 Å².